The molecule has 2 aromatic rings. The van der Waals surface area contributed by atoms with Crippen LogP contribution in [0.15, 0.2) is 60.7 Å². The fourth-order valence-corrected chi connectivity index (χ4v) is 2.89. The SMILES string of the molecule is COC(C(=O)N1CCOC(c2ccccc2)C1)c1ccccc1. The fraction of sp³-hybridized carbons (Fsp3) is 0.316. The topological polar surface area (TPSA) is 38.8 Å². The van der Waals surface area contributed by atoms with Crippen molar-refractivity contribution in [3.8, 4) is 0 Å². The molecule has 0 bridgehead atoms. The fourth-order valence-electron chi connectivity index (χ4n) is 2.89. The van der Waals surface area contributed by atoms with Gasteiger partial charge in [-0.05, 0) is 11.1 Å². The van der Waals surface area contributed by atoms with Gasteiger partial charge in [0.25, 0.3) is 5.91 Å². The van der Waals surface area contributed by atoms with E-state index in [-0.39, 0.29) is 12.0 Å². The lowest BCUT2D eigenvalue weighted by molar-refractivity contribution is -0.150. The van der Waals surface area contributed by atoms with E-state index in [0.29, 0.717) is 19.7 Å². The molecule has 1 aliphatic heterocycles. The summed E-state index contributed by atoms with van der Waals surface area (Å²) >= 11 is 0. The third-order valence-corrected chi connectivity index (χ3v) is 4.11. The number of rotatable bonds is 4. The molecule has 1 amide bonds. The first kappa shape index (κ1) is 15.7. The first-order valence-electron chi connectivity index (χ1n) is 7.82. The monoisotopic (exact) mass is 311 g/mol. The quantitative estimate of drug-likeness (QED) is 0.871. The molecule has 4 heteroatoms. The minimum atomic E-state index is -0.564. The Morgan fingerprint density at radius 1 is 1.13 bits per heavy atom. The summed E-state index contributed by atoms with van der Waals surface area (Å²) in [7, 11) is 1.57. The lowest BCUT2D eigenvalue weighted by Gasteiger charge is -2.35. The van der Waals surface area contributed by atoms with Crippen LogP contribution in [0.3, 0.4) is 0 Å². The maximum atomic E-state index is 12.9. The van der Waals surface area contributed by atoms with Gasteiger partial charge in [-0.1, -0.05) is 60.7 Å². The maximum absolute atomic E-state index is 12.9. The van der Waals surface area contributed by atoms with Crippen LogP contribution in [0.4, 0.5) is 0 Å². The molecule has 0 aliphatic carbocycles. The Kier molecular flexibility index (Phi) is 5.05. The van der Waals surface area contributed by atoms with E-state index in [1.165, 1.54) is 0 Å². The van der Waals surface area contributed by atoms with Crippen molar-refractivity contribution in [3.05, 3.63) is 71.8 Å². The number of hydrogen-bond acceptors (Lipinski definition) is 3. The van der Waals surface area contributed by atoms with Gasteiger partial charge < -0.3 is 14.4 Å². The zero-order chi connectivity index (χ0) is 16.1. The Balaban J connectivity index is 1.74. The number of nitrogens with zero attached hydrogens (tertiary/aromatic N) is 1. The summed E-state index contributed by atoms with van der Waals surface area (Å²) < 4.78 is 11.3. The Labute approximate surface area is 136 Å². The average molecular weight is 311 g/mol. The highest BCUT2D eigenvalue weighted by Crippen LogP contribution is 2.25. The Morgan fingerprint density at radius 2 is 1.78 bits per heavy atom. The molecule has 3 rings (SSSR count). The van der Waals surface area contributed by atoms with Crippen LogP contribution in [0, 0.1) is 0 Å². The molecule has 1 heterocycles. The van der Waals surface area contributed by atoms with Gasteiger partial charge in [-0.25, -0.2) is 0 Å². The molecular formula is C19H21NO3. The van der Waals surface area contributed by atoms with Gasteiger partial charge in [-0.15, -0.1) is 0 Å². The van der Waals surface area contributed by atoms with Crippen LogP contribution in [0.5, 0.6) is 0 Å². The predicted octanol–water partition coefficient (Wildman–Crippen LogP) is 2.97. The highest BCUT2D eigenvalue weighted by Gasteiger charge is 2.30. The summed E-state index contributed by atoms with van der Waals surface area (Å²) in [5.74, 6) is -0.0112. The molecule has 1 saturated heterocycles. The normalized spacial score (nSPS) is 19.3. The van der Waals surface area contributed by atoms with Gasteiger partial charge in [0.1, 0.15) is 6.10 Å². The summed E-state index contributed by atoms with van der Waals surface area (Å²) in [5, 5.41) is 0. The van der Waals surface area contributed by atoms with Crippen molar-refractivity contribution in [2.75, 3.05) is 26.8 Å². The van der Waals surface area contributed by atoms with Crippen LogP contribution in [-0.2, 0) is 14.3 Å². The summed E-state index contributed by atoms with van der Waals surface area (Å²) in [6, 6.07) is 19.6. The first-order valence-corrected chi connectivity index (χ1v) is 7.82. The molecule has 0 spiro atoms. The van der Waals surface area contributed by atoms with E-state index in [0.717, 1.165) is 11.1 Å². The van der Waals surface area contributed by atoms with Gasteiger partial charge in [0.05, 0.1) is 13.2 Å². The smallest absolute Gasteiger partial charge is 0.256 e. The number of methoxy groups -OCH3 is 1. The summed E-state index contributed by atoms with van der Waals surface area (Å²) in [6.45, 7) is 1.68. The number of amides is 1. The highest BCUT2D eigenvalue weighted by atomic mass is 16.5. The highest BCUT2D eigenvalue weighted by molar-refractivity contribution is 5.82. The van der Waals surface area contributed by atoms with Crippen LogP contribution >= 0.6 is 0 Å². The van der Waals surface area contributed by atoms with Crippen molar-refractivity contribution in [2.24, 2.45) is 0 Å². The number of carbonyl (C=O) groups excluding carboxylic acids is 1. The minimum Gasteiger partial charge on any atom is -0.370 e. The van der Waals surface area contributed by atoms with Crippen molar-refractivity contribution in [1.29, 1.82) is 0 Å². The Bertz CT molecular complexity index is 630. The van der Waals surface area contributed by atoms with Crippen LogP contribution in [0.2, 0.25) is 0 Å². The molecule has 2 unspecified atom stereocenters. The summed E-state index contributed by atoms with van der Waals surface area (Å²) in [4.78, 5) is 14.7. The number of hydrogen-bond donors (Lipinski definition) is 0. The lowest BCUT2D eigenvalue weighted by atomic mass is 10.1. The van der Waals surface area contributed by atoms with Crippen molar-refractivity contribution in [2.45, 2.75) is 12.2 Å². The van der Waals surface area contributed by atoms with E-state index in [1.807, 2.05) is 65.6 Å². The molecule has 4 nitrogen and oxygen atoms in total. The second kappa shape index (κ2) is 7.40. The molecule has 0 N–H and O–H groups in total. The van der Waals surface area contributed by atoms with Crippen molar-refractivity contribution in [3.63, 3.8) is 0 Å². The van der Waals surface area contributed by atoms with Crippen molar-refractivity contribution < 1.29 is 14.3 Å². The maximum Gasteiger partial charge on any atom is 0.256 e. The average Bonchev–Trinajstić information content (AvgIpc) is 2.64. The molecule has 23 heavy (non-hydrogen) atoms. The third kappa shape index (κ3) is 3.60. The number of carbonyl (C=O) groups is 1. The first-order chi connectivity index (χ1) is 11.3. The standard InChI is InChI=1S/C19H21NO3/c1-22-18(16-10-6-3-7-11-16)19(21)20-12-13-23-17(14-20)15-8-4-2-5-9-15/h2-11,17-18H,12-14H2,1H3. The molecule has 0 radical (unpaired) electrons. The van der Waals surface area contributed by atoms with E-state index < -0.39 is 6.10 Å². The summed E-state index contributed by atoms with van der Waals surface area (Å²) in [6.07, 6.45) is -0.645. The predicted molar refractivity (Wildman–Crippen MR) is 87.9 cm³/mol. The number of benzene rings is 2. The molecule has 1 fully saturated rings. The van der Waals surface area contributed by atoms with E-state index in [4.69, 9.17) is 9.47 Å². The molecule has 0 aromatic heterocycles. The Morgan fingerprint density at radius 3 is 2.43 bits per heavy atom. The van der Waals surface area contributed by atoms with Gasteiger partial charge in [0.15, 0.2) is 6.10 Å². The molecular weight excluding hydrogens is 290 g/mol. The van der Waals surface area contributed by atoms with E-state index in [9.17, 15) is 4.79 Å². The van der Waals surface area contributed by atoms with E-state index in [1.54, 1.807) is 7.11 Å². The second-order valence-electron chi connectivity index (χ2n) is 5.58. The molecule has 1 aliphatic rings. The van der Waals surface area contributed by atoms with Gasteiger partial charge in [-0.3, -0.25) is 4.79 Å². The zero-order valence-corrected chi connectivity index (χ0v) is 13.2. The Hall–Kier alpha value is -2.17. The van der Waals surface area contributed by atoms with Crippen molar-refractivity contribution >= 4 is 5.91 Å². The minimum absolute atomic E-state index is 0.0112. The van der Waals surface area contributed by atoms with Crippen LogP contribution in [0.1, 0.15) is 23.3 Å². The van der Waals surface area contributed by atoms with E-state index in [2.05, 4.69) is 0 Å². The van der Waals surface area contributed by atoms with Crippen LogP contribution < -0.4 is 0 Å². The molecule has 0 saturated carbocycles. The molecule has 120 valence electrons. The number of morpholine rings is 1. The lowest BCUT2D eigenvalue weighted by Crippen LogP contribution is -2.44. The molecule has 2 aromatic carbocycles. The van der Waals surface area contributed by atoms with Gasteiger partial charge in [-0.2, -0.15) is 0 Å². The van der Waals surface area contributed by atoms with Gasteiger partial charge in [0, 0.05) is 13.7 Å². The second-order valence-corrected chi connectivity index (χ2v) is 5.58. The largest absolute Gasteiger partial charge is 0.370 e. The zero-order valence-electron chi connectivity index (χ0n) is 13.2. The van der Waals surface area contributed by atoms with Crippen LogP contribution in [-0.4, -0.2) is 37.6 Å². The third-order valence-electron chi connectivity index (χ3n) is 4.11. The van der Waals surface area contributed by atoms with E-state index >= 15 is 0 Å². The number of ether oxygens (including phenoxy) is 2. The van der Waals surface area contributed by atoms with Crippen molar-refractivity contribution in [1.82, 2.24) is 4.90 Å². The van der Waals surface area contributed by atoms with Crippen LogP contribution in [0.25, 0.3) is 0 Å². The summed E-state index contributed by atoms with van der Waals surface area (Å²) in [5.41, 5.74) is 1.97. The molecule has 2 atom stereocenters. The van der Waals surface area contributed by atoms with Gasteiger partial charge >= 0.3 is 0 Å². The van der Waals surface area contributed by atoms with Gasteiger partial charge in [0.2, 0.25) is 0 Å².